The third-order valence-corrected chi connectivity index (χ3v) is 3.27. The number of hydrogen-bond donors (Lipinski definition) is 1. The van der Waals surface area contributed by atoms with Gasteiger partial charge in [0.15, 0.2) is 5.82 Å². The van der Waals surface area contributed by atoms with E-state index in [1.807, 2.05) is 30.5 Å². The Hall–Kier alpha value is -2.33. The van der Waals surface area contributed by atoms with Crippen molar-refractivity contribution in [3.05, 3.63) is 54.5 Å². The summed E-state index contributed by atoms with van der Waals surface area (Å²) in [6.07, 6.45) is 3.61. The van der Waals surface area contributed by atoms with Gasteiger partial charge in [0, 0.05) is 35.9 Å². The smallest absolute Gasteiger partial charge is 0.159 e. The van der Waals surface area contributed by atoms with Gasteiger partial charge in [-0.05, 0) is 30.3 Å². The molecule has 4 nitrogen and oxygen atoms in total. The van der Waals surface area contributed by atoms with Crippen molar-refractivity contribution in [2.45, 2.75) is 26.4 Å². The molecule has 4 heteroatoms. The van der Waals surface area contributed by atoms with E-state index in [0.29, 0.717) is 6.04 Å². The number of benzene rings is 1. The van der Waals surface area contributed by atoms with Gasteiger partial charge < -0.3 is 5.32 Å². The van der Waals surface area contributed by atoms with Crippen LogP contribution in [0, 0.1) is 0 Å². The number of nitrogens with one attached hydrogen (secondary N) is 1. The summed E-state index contributed by atoms with van der Waals surface area (Å²) in [5.74, 6) is 0.754. The van der Waals surface area contributed by atoms with E-state index in [1.165, 1.54) is 0 Å². The van der Waals surface area contributed by atoms with Crippen molar-refractivity contribution >= 4 is 10.9 Å². The van der Waals surface area contributed by atoms with Crippen molar-refractivity contribution in [2.75, 3.05) is 0 Å². The molecule has 1 aromatic carbocycles. The molecule has 0 spiro atoms. The molecule has 2 heterocycles. The summed E-state index contributed by atoms with van der Waals surface area (Å²) < 4.78 is 0. The second-order valence-electron chi connectivity index (χ2n) is 5.32. The SMILES string of the molecule is CC(C)NCc1ccnc(-c2ccc3ncccc3c2)n1. The van der Waals surface area contributed by atoms with Crippen LogP contribution in [0.15, 0.2) is 48.8 Å². The van der Waals surface area contributed by atoms with Crippen molar-refractivity contribution in [3.63, 3.8) is 0 Å². The summed E-state index contributed by atoms with van der Waals surface area (Å²) in [4.78, 5) is 13.3. The highest BCUT2D eigenvalue weighted by Crippen LogP contribution is 2.20. The van der Waals surface area contributed by atoms with E-state index in [9.17, 15) is 0 Å². The molecule has 0 aliphatic carbocycles. The average molecular weight is 278 g/mol. The highest BCUT2D eigenvalue weighted by atomic mass is 14.9. The molecular formula is C17H18N4. The van der Waals surface area contributed by atoms with Crippen LogP contribution < -0.4 is 5.32 Å². The fraction of sp³-hybridized carbons (Fsp3) is 0.235. The van der Waals surface area contributed by atoms with E-state index in [4.69, 9.17) is 0 Å². The van der Waals surface area contributed by atoms with E-state index >= 15 is 0 Å². The molecule has 0 aliphatic heterocycles. The summed E-state index contributed by atoms with van der Waals surface area (Å²) in [5, 5.41) is 4.47. The molecule has 2 aromatic heterocycles. The lowest BCUT2D eigenvalue weighted by Gasteiger charge is -2.08. The normalized spacial score (nSPS) is 11.2. The molecule has 0 saturated heterocycles. The largest absolute Gasteiger partial charge is 0.309 e. The number of nitrogens with zero attached hydrogens (tertiary/aromatic N) is 3. The number of fused-ring (bicyclic) bond motifs is 1. The molecule has 3 aromatic rings. The first-order valence-corrected chi connectivity index (χ1v) is 7.13. The highest BCUT2D eigenvalue weighted by molar-refractivity contribution is 5.82. The Bertz CT molecular complexity index is 752. The van der Waals surface area contributed by atoms with Crippen molar-refractivity contribution in [1.29, 1.82) is 0 Å². The monoisotopic (exact) mass is 278 g/mol. The standard InChI is InChI=1S/C17H18N4/c1-12(2)20-11-15-7-9-19-17(21-15)14-5-6-16-13(10-14)4-3-8-18-16/h3-10,12,20H,11H2,1-2H3. The Morgan fingerprint density at radius 1 is 1.05 bits per heavy atom. The molecule has 0 radical (unpaired) electrons. The fourth-order valence-corrected chi connectivity index (χ4v) is 2.16. The molecule has 1 N–H and O–H groups in total. The number of aromatic nitrogens is 3. The summed E-state index contributed by atoms with van der Waals surface area (Å²) in [5.41, 5.74) is 3.00. The van der Waals surface area contributed by atoms with Crippen LogP contribution in [0.5, 0.6) is 0 Å². The van der Waals surface area contributed by atoms with Gasteiger partial charge in [-0.25, -0.2) is 9.97 Å². The molecule has 0 atom stereocenters. The number of pyridine rings is 1. The van der Waals surface area contributed by atoms with Crippen molar-refractivity contribution in [2.24, 2.45) is 0 Å². The van der Waals surface area contributed by atoms with Crippen LogP contribution in [0.1, 0.15) is 19.5 Å². The third-order valence-electron chi connectivity index (χ3n) is 3.27. The summed E-state index contributed by atoms with van der Waals surface area (Å²) in [6, 6.07) is 12.5. The van der Waals surface area contributed by atoms with E-state index < -0.39 is 0 Å². The zero-order valence-corrected chi connectivity index (χ0v) is 12.2. The van der Waals surface area contributed by atoms with Crippen LogP contribution in [0.4, 0.5) is 0 Å². The van der Waals surface area contributed by atoms with Crippen LogP contribution in [0.2, 0.25) is 0 Å². The third kappa shape index (κ3) is 3.23. The van der Waals surface area contributed by atoms with Crippen LogP contribution in [-0.4, -0.2) is 21.0 Å². The van der Waals surface area contributed by atoms with E-state index in [0.717, 1.165) is 34.5 Å². The maximum atomic E-state index is 4.63. The number of rotatable bonds is 4. The molecule has 0 fully saturated rings. The zero-order chi connectivity index (χ0) is 14.7. The molecule has 21 heavy (non-hydrogen) atoms. The Kier molecular flexibility index (Phi) is 3.88. The fourth-order valence-electron chi connectivity index (χ4n) is 2.16. The Morgan fingerprint density at radius 2 is 1.95 bits per heavy atom. The minimum atomic E-state index is 0.440. The second kappa shape index (κ2) is 5.97. The molecule has 0 bridgehead atoms. The van der Waals surface area contributed by atoms with E-state index in [-0.39, 0.29) is 0 Å². The van der Waals surface area contributed by atoms with Gasteiger partial charge in [0.25, 0.3) is 0 Å². The topological polar surface area (TPSA) is 50.7 Å². The minimum Gasteiger partial charge on any atom is -0.309 e. The number of hydrogen-bond acceptors (Lipinski definition) is 4. The highest BCUT2D eigenvalue weighted by Gasteiger charge is 2.05. The van der Waals surface area contributed by atoms with Crippen LogP contribution in [0.3, 0.4) is 0 Å². The van der Waals surface area contributed by atoms with Gasteiger partial charge in [-0.2, -0.15) is 0 Å². The summed E-state index contributed by atoms with van der Waals surface area (Å²) in [6.45, 7) is 5.00. The first-order valence-electron chi connectivity index (χ1n) is 7.13. The van der Waals surface area contributed by atoms with Gasteiger partial charge in [0.05, 0.1) is 11.2 Å². The van der Waals surface area contributed by atoms with Gasteiger partial charge in [-0.1, -0.05) is 19.9 Å². The molecule has 0 unspecified atom stereocenters. The predicted octanol–water partition coefficient (Wildman–Crippen LogP) is 3.19. The predicted molar refractivity (Wildman–Crippen MR) is 84.7 cm³/mol. The first-order chi connectivity index (χ1) is 10.2. The van der Waals surface area contributed by atoms with Gasteiger partial charge in [0.2, 0.25) is 0 Å². The molecular weight excluding hydrogens is 260 g/mol. The summed E-state index contributed by atoms with van der Waals surface area (Å²) in [7, 11) is 0. The van der Waals surface area contributed by atoms with E-state index in [2.05, 4.69) is 46.2 Å². The maximum Gasteiger partial charge on any atom is 0.159 e. The maximum absolute atomic E-state index is 4.63. The molecule has 0 amide bonds. The summed E-state index contributed by atoms with van der Waals surface area (Å²) >= 11 is 0. The van der Waals surface area contributed by atoms with Crippen molar-refractivity contribution < 1.29 is 0 Å². The lowest BCUT2D eigenvalue weighted by Crippen LogP contribution is -2.22. The van der Waals surface area contributed by atoms with Crippen LogP contribution in [0.25, 0.3) is 22.3 Å². The van der Waals surface area contributed by atoms with E-state index in [1.54, 1.807) is 6.20 Å². The molecule has 0 saturated carbocycles. The first kappa shape index (κ1) is 13.6. The average Bonchev–Trinajstić information content (AvgIpc) is 2.53. The van der Waals surface area contributed by atoms with Crippen molar-refractivity contribution in [1.82, 2.24) is 20.3 Å². The second-order valence-corrected chi connectivity index (χ2v) is 5.32. The van der Waals surface area contributed by atoms with Gasteiger partial charge >= 0.3 is 0 Å². The van der Waals surface area contributed by atoms with Gasteiger partial charge in [-0.15, -0.1) is 0 Å². The van der Waals surface area contributed by atoms with Crippen LogP contribution >= 0.6 is 0 Å². The van der Waals surface area contributed by atoms with Crippen molar-refractivity contribution in [3.8, 4) is 11.4 Å². The Balaban J connectivity index is 1.92. The molecule has 3 rings (SSSR count). The quantitative estimate of drug-likeness (QED) is 0.796. The minimum absolute atomic E-state index is 0.440. The molecule has 0 aliphatic rings. The van der Waals surface area contributed by atoms with Gasteiger partial charge in [0.1, 0.15) is 0 Å². The van der Waals surface area contributed by atoms with Crippen LogP contribution in [-0.2, 0) is 6.54 Å². The Labute approximate surface area is 124 Å². The lowest BCUT2D eigenvalue weighted by atomic mass is 10.1. The lowest BCUT2D eigenvalue weighted by molar-refractivity contribution is 0.581. The zero-order valence-electron chi connectivity index (χ0n) is 12.2. The van der Waals surface area contributed by atoms with Gasteiger partial charge in [-0.3, -0.25) is 4.98 Å². The Morgan fingerprint density at radius 3 is 2.81 bits per heavy atom. The molecule has 106 valence electrons.